The average Bonchev–Trinajstić information content (AvgIpc) is 3.07. The van der Waals surface area contributed by atoms with Gasteiger partial charge < -0.3 is 19.1 Å². The summed E-state index contributed by atoms with van der Waals surface area (Å²) < 4.78 is 38.5. The number of aliphatic carboxylic acids is 1. The molecule has 148 valence electrons. The Morgan fingerprint density at radius 1 is 1.07 bits per heavy atom. The van der Waals surface area contributed by atoms with Crippen molar-refractivity contribution in [2.24, 2.45) is 0 Å². The van der Waals surface area contributed by atoms with E-state index in [4.69, 9.17) is 14.6 Å². The highest BCUT2D eigenvalue weighted by molar-refractivity contribution is 7.91. The molecule has 1 N–H and O–H groups in total. The lowest BCUT2D eigenvalue weighted by molar-refractivity contribution is -0.137. The lowest BCUT2D eigenvalue weighted by Gasteiger charge is -2.13. The molecule has 28 heavy (non-hydrogen) atoms. The van der Waals surface area contributed by atoms with E-state index in [1.807, 2.05) is 0 Å². The standard InChI is InChI=1S/C20H21NO6S/c1-13(10-20(22)23)21-12-19(17-9-6-15(27-3)11-18(17)21)28(24,25)16-7-4-14(26-2)5-8-16/h4-9,11-13H,10H2,1-3H3,(H,22,23). The number of rotatable bonds is 7. The molecule has 0 amide bonds. The molecule has 0 aliphatic rings. The number of nitrogens with zero attached hydrogens (tertiary/aromatic N) is 1. The number of ether oxygens (including phenoxy) is 2. The quantitative estimate of drug-likeness (QED) is 0.648. The van der Waals surface area contributed by atoms with Gasteiger partial charge in [-0.2, -0.15) is 0 Å². The molecule has 0 fully saturated rings. The van der Waals surface area contributed by atoms with E-state index < -0.39 is 21.8 Å². The number of fused-ring (bicyclic) bond motifs is 1. The molecule has 7 nitrogen and oxygen atoms in total. The van der Waals surface area contributed by atoms with E-state index >= 15 is 0 Å². The molecule has 1 heterocycles. The molecule has 2 aromatic carbocycles. The van der Waals surface area contributed by atoms with Crippen LogP contribution in [0.1, 0.15) is 19.4 Å². The van der Waals surface area contributed by atoms with Gasteiger partial charge in [0.25, 0.3) is 0 Å². The fraction of sp³-hybridized carbons (Fsp3) is 0.250. The van der Waals surface area contributed by atoms with Gasteiger partial charge in [0, 0.05) is 23.7 Å². The van der Waals surface area contributed by atoms with E-state index in [0.717, 1.165) is 0 Å². The maximum atomic E-state index is 13.3. The first-order chi connectivity index (χ1) is 13.3. The Balaban J connectivity index is 2.20. The summed E-state index contributed by atoms with van der Waals surface area (Å²) in [6.45, 7) is 1.73. The third-order valence-electron chi connectivity index (χ3n) is 4.61. The second-order valence-corrected chi connectivity index (χ2v) is 8.33. The van der Waals surface area contributed by atoms with Crippen LogP contribution >= 0.6 is 0 Å². The summed E-state index contributed by atoms with van der Waals surface area (Å²) in [7, 11) is -0.790. The Labute approximate surface area is 163 Å². The first-order valence-electron chi connectivity index (χ1n) is 8.57. The predicted octanol–water partition coefficient (Wildman–Crippen LogP) is 3.53. The molecule has 3 rings (SSSR count). The molecule has 3 aromatic rings. The van der Waals surface area contributed by atoms with Crippen LogP contribution in [0, 0.1) is 0 Å². The molecule has 0 saturated heterocycles. The Kier molecular flexibility index (Phi) is 5.33. The van der Waals surface area contributed by atoms with E-state index in [0.29, 0.717) is 22.4 Å². The van der Waals surface area contributed by atoms with E-state index in [1.165, 1.54) is 32.5 Å². The Morgan fingerprint density at radius 3 is 2.25 bits per heavy atom. The summed E-state index contributed by atoms with van der Waals surface area (Å²) in [6.07, 6.45) is 1.36. The van der Waals surface area contributed by atoms with Crippen molar-refractivity contribution >= 4 is 26.7 Å². The number of sulfone groups is 1. The van der Waals surface area contributed by atoms with Crippen molar-refractivity contribution in [2.75, 3.05) is 14.2 Å². The average molecular weight is 403 g/mol. The van der Waals surface area contributed by atoms with Gasteiger partial charge in [-0.1, -0.05) is 0 Å². The Hall–Kier alpha value is -3.00. The van der Waals surface area contributed by atoms with Crippen molar-refractivity contribution in [3.05, 3.63) is 48.7 Å². The van der Waals surface area contributed by atoms with E-state index in [2.05, 4.69) is 0 Å². The summed E-state index contributed by atoms with van der Waals surface area (Å²) in [4.78, 5) is 11.4. The molecule has 1 atom stereocenters. The number of hydrogen-bond acceptors (Lipinski definition) is 5. The Morgan fingerprint density at radius 2 is 1.68 bits per heavy atom. The van der Waals surface area contributed by atoms with E-state index in [-0.39, 0.29) is 16.2 Å². The van der Waals surface area contributed by atoms with Crippen LogP contribution in [0.2, 0.25) is 0 Å². The van der Waals surface area contributed by atoms with E-state index in [9.17, 15) is 13.2 Å². The second-order valence-electron chi connectivity index (χ2n) is 6.41. The number of benzene rings is 2. The number of carboxylic acids is 1. The lowest BCUT2D eigenvalue weighted by atomic mass is 10.2. The lowest BCUT2D eigenvalue weighted by Crippen LogP contribution is -2.09. The van der Waals surface area contributed by atoms with Crippen LogP contribution in [0.3, 0.4) is 0 Å². The van der Waals surface area contributed by atoms with Gasteiger partial charge in [0.05, 0.1) is 35.9 Å². The largest absolute Gasteiger partial charge is 0.497 e. The van der Waals surface area contributed by atoms with Gasteiger partial charge in [0.15, 0.2) is 0 Å². The zero-order valence-corrected chi connectivity index (χ0v) is 16.6. The fourth-order valence-electron chi connectivity index (χ4n) is 3.14. The van der Waals surface area contributed by atoms with Gasteiger partial charge in [-0.25, -0.2) is 8.42 Å². The molecule has 0 aliphatic carbocycles. The smallest absolute Gasteiger partial charge is 0.305 e. The first-order valence-corrected chi connectivity index (χ1v) is 10.1. The van der Waals surface area contributed by atoms with Crippen LogP contribution in [0.25, 0.3) is 10.9 Å². The minimum atomic E-state index is -3.82. The maximum absolute atomic E-state index is 13.3. The van der Waals surface area contributed by atoms with Gasteiger partial charge in [-0.05, 0) is 43.3 Å². The molecule has 1 aromatic heterocycles. The van der Waals surface area contributed by atoms with Crippen LogP contribution in [0.5, 0.6) is 11.5 Å². The third kappa shape index (κ3) is 3.55. The van der Waals surface area contributed by atoms with Gasteiger partial charge in [0.2, 0.25) is 9.84 Å². The molecular weight excluding hydrogens is 382 g/mol. The van der Waals surface area contributed by atoms with Gasteiger partial charge in [-0.3, -0.25) is 4.79 Å². The summed E-state index contributed by atoms with van der Waals surface area (Å²) in [5.41, 5.74) is 0.597. The molecule has 0 radical (unpaired) electrons. The zero-order valence-electron chi connectivity index (χ0n) is 15.7. The molecule has 0 saturated carbocycles. The molecule has 8 heteroatoms. The zero-order chi connectivity index (χ0) is 20.5. The molecular formula is C20H21NO6S. The van der Waals surface area contributed by atoms with Crippen molar-refractivity contribution in [3.8, 4) is 11.5 Å². The molecule has 1 unspecified atom stereocenters. The van der Waals surface area contributed by atoms with Crippen molar-refractivity contribution in [1.29, 1.82) is 0 Å². The van der Waals surface area contributed by atoms with Crippen molar-refractivity contribution in [2.45, 2.75) is 29.2 Å². The fourth-order valence-corrected chi connectivity index (χ4v) is 4.60. The number of methoxy groups -OCH3 is 2. The van der Waals surface area contributed by atoms with Crippen molar-refractivity contribution in [1.82, 2.24) is 4.57 Å². The highest BCUT2D eigenvalue weighted by Crippen LogP contribution is 2.35. The van der Waals surface area contributed by atoms with Gasteiger partial charge >= 0.3 is 5.97 Å². The monoisotopic (exact) mass is 403 g/mol. The maximum Gasteiger partial charge on any atom is 0.305 e. The van der Waals surface area contributed by atoms with Crippen LogP contribution in [0.15, 0.2) is 58.5 Å². The summed E-state index contributed by atoms with van der Waals surface area (Å²) in [5, 5.41) is 9.65. The number of carbonyl (C=O) groups is 1. The van der Waals surface area contributed by atoms with E-state index in [1.54, 1.807) is 41.8 Å². The summed E-state index contributed by atoms with van der Waals surface area (Å²) in [6, 6.07) is 10.8. The normalized spacial score (nSPS) is 12.7. The molecule has 0 spiro atoms. The summed E-state index contributed by atoms with van der Waals surface area (Å²) >= 11 is 0. The van der Waals surface area contributed by atoms with Gasteiger partial charge in [-0.15, -0.1) is 0 Å². The van der Waals surface area contributed by atoms with Crippen molar-refractivity contribution in [3.63, 3.8) is 0 Å². The highest BCUT2D eigenvalue weighted by Gasteiger charge is 2.25. The first kappa shape index (κ1) is 19.8. The molecule has 0 aliphatic heterocycles. The number of hydrogen-bond donors (Lipinski definition) is 1. The second kappa shape index (κ2) is 7.55. The van der Waals surface area contributed by atoms with Gasteiger partial charge in [0.1, 0.15) is 11.5 Å². The Bertz CT molecular complexity index is 1120. The van der Waals surface area contributed by atoms with Crippen molar-refractivity contribution < 1.29 is 27.8 Å². The third-order valence-corrected chi connectivity index (χ3v) is 6.41. The minimum Gasteiger partial charge on any atom is -0.497 e. The number of aromatic nitrogens is 1. The minimum absolute atomic E-state index is 0.118. The van der Waals surface area contributed by atoms with Crippen LogP contribution < -0.4 is 9.47 Å². The SMILES string of the molecule is COc1ccc(S(=O)(=O)c2cn(C(C)CC(=O)O)c3cc(OC)ccc23)cc1. The van der Waals surface area contributed by atoms with Crippen LogP contribution in [-0.2, 0) is 14.6 Å². The summed E-state index contributed by atoms with van der Waals surface area (Å²) in [5.74, 6) is 0.153. The van der Waals surface area contributed by atoms with Crippen LogP contribution in [-0.4, -0.2) is 38.3 Å². The predicted molar refractivity (Wildman–Crippen MR) is 104 cm³/mol. The van der Waals surface area contributed by atoms with Crippen LogP contribution in [0.4, 0.5) is 0 Å². The number of carboxylic acid groups (broad SMARTS) is 1. The topological polar surface area (TPSA) is 94.8 Å². The molecule has 0 bridgehead atoms. The highest BCUT2D eigenvalue weighted by atomic mass is 32.2.